The van der Waals surface area contributed by atoms with Crippen LogP contribution in [-0.4, -0.2) is 67.7 Å². The lowest BCUT2D eigenvalue weighted by molar-refractivity contribution is -0.153. The lowest BCUT2D eigenvalue weighted by atomic mass is 10.0. The van der Waals surface area contributed by atoms with Gasteiger partial charge in [-0.05, 0) is 54.4 Å². The van der Waals surface area contributed by atoms with E-state index < -0.39 is 37.1 Å². The van der Waals surface area contributed by atoms with Crippen molar-refractivity contribution in [3.05, 3.63) is 12.7 Å². The number of aromatic nitrogens is 4. The first-order chi connectivity index (χ1) is 18.0. The zero-order valence-electron chi connectivity index (χ0n) is 24.4. The van der Waals surface area contributed by atoms with Crippen molar-refractivity contribution < 1.29 is 28.4 Å². The molecule has 0 spiro atoms. The molecule has 2 heterocycles. The lowest BCUT2D eigenvalue weighted by Crippen LogP contribution is -2.51. The number of carbonyl (C=O) groups is 2. The molecule has 2 aromatic rings. The van der Waals surface area contributed by atoms with E-state index in [1.54, 1.807) is 52.4 Å². The number of imidazole rings is 1. The highest BCUT2D eigenvalue weighted by Crippen LogP contribution is 2.41. The summed E-state index contributed by atoms with van der Waals surface area (Å²) in [4.78, 5) is 37.7. The summed E-state index contributed by atoms with van der Waals surface area (Å²) < 4.78 is 32.8. The summed E-state index contributed by atoms with van der Waals surface area (Å²) in [6, 6.07) is -0.511. The fourth-order valence-electron chi connectivity index (χ4n) is 3.74. The number of hydrogen-bond donors (Lipinski definition) is 3. The van der Waals surface area contributed by atoms with Gasteiger partial charge in [-0.15, -0.1) is 0 Å². The summed E-state index contributed by atoms with van der Waals surface area (Å²) >= 11 is 0. The molecule has 0 saturated heterocycles. The Kier molecular flexibility index (Phi) is 11.4. The van der Waals surface area contributed by atoms with Gasteiger partial charge < -0.3 is 24.5 Å². The van der Waals surface area contributed by atoms with Crippen molar-refractivity contribution in [2.45, 2.75) is 105 Å². The van der Waals surface area contributed by atoms with Gasteiger partial charge in [0.25, 0.3) is 0 Å². The Labute approximate surface area is 230 Å². The molecule has 0 bridgehead atoms. The third-order valence-electron chi connectivity index (χ3n) is 5.67. The topological polar surface area (TPSA) is 173 Å². The molecule has 2 rings (SSSR count). The van der Waals surface area contributed by atoms with Gasteiger partial charge in [0.05, 0.1) is 37.6 Å². The molecule has 0 fully saturated rings. The Morgan fingerprint density at radius 3 is 2.28 bits per heavy atom. The van der Waals surface area contributed by atoms with Crippen molar-refractivity contribution >= 4 is 36.4 Å². The number of ether oxygens (including phenoxy) is 3. The molecule has 220 valence electrons. The van der Waals surface area contributed by atoms with Crippen LogP contribution in [0.2, 0.25) is 0 Å². The fourth-order valence-corrected chi connectivity index (χ4v) is 6.33. The average Bonchev–Trinajstić information content (AvgIpc) is 3.20. The number of esters is 2. The number of anilines is 1. The van der Waals surface area contributed by atoms with E-state index in [9.17, 15) is 14.2 Å². The van der Waals surface area contributed by atoms with Crippen molar-refractivity contribution in [2.75, 3.05) is 12.1 Å². The van der Waals surface area contributed by atoms with E-state index in [2.05, 4.69) is 25.1 Å². The summed E-state index contributed by atoms with van der Waals surface area (Å²) in [5, 5.41) is 6.07. The van der Waals surface area contributed by atoms with E-state index >= 15 is 0 Å². The van der Waals surface area contributed by atoms with E-state index in [1.165, 1.54) is 6.33 Å². The summed E-state index contributed by atoms with van der Waals surface area (Å²) in [6.07, 6.45) is 1.63. The van der Waals surface area contributed by atoms with Crippen LogP contribution in [0.15, 0.2) is 12.7 Å². The second kappa shape index (κ2) is 13.6. The van der Waals surface area contributed by atoms with E-state index in [0.29, 0.717) is 17.7 Å². The van der Waals surface area contributed by atoms with E-state index in [4.69, 9.17) is 19.9 Å². The molecule has 0 aliphatic carbocycles. The molecule has 0 amide bonds. The van der Waals surface area contributed by atoms with Crippen LogP contribution in [-0.2, 0) is 34.9 Å². The standard InChI is InChI=1S/C25H44N7O6P/c1-15(2)19(10-20(33)37-16(3)4)30-39(35,31-25(8,9)24(34)38-17(5)6)14-36-18(7)11-32-13-29-21-22(26)27-12-28-23(21)32/h12-13,15-19H,10-11,14H2,1-9H3,(H2,26,27,28)(H2,30,31,35). The summed E-state index contributed by atoms with van der Waals surface area (Å²) in [5.74, 6) is -0.777. The SMILES string of the molecule is CC(C)OC(=O)CC(NP(=O)(COC(C)Cn1cnc2c(N)ncnc21)NC(C)(C)C(=O)OC(C)C)C(C)C. The van der Waals surface area contributed by atoms with Crippen molar-refractivity contribution in [1.29, 1.82) is 0 Å². The molecule has 0 saturated carbocycles. The van der Waals surface area contributed by atoms with Gasteiger partial charge in [0.15, 0.2) is 11.5 Å². The number of nitrogen functional groups attached to an aromatic ring is 1. The molecule has 14 heteroatoms. The van der Waals surface area contributed by atoms with Gasteiger partial charge in [0, 0.05) is 6.04 Å². The number of carbonyl (C=O) groups excluding carboxylic acids is 2. The maximum Gasteiger partial charge on any atom is 0.326 e. The van der Waals surface area contributed by atoms with Crippen LogP contribution >= 0.6 is 7.44 Å². The zero-order valence-corrected chi connectivity index (χ0v) is 25.3. The minimum atomic E-state index is -3.64. The first kappa shape index (κ1) is 32.6. The second-order valence-electron chi connectivity index (χ2n) is 11.1. The molecule has 3 atom stereocenters. The van der Waals surface area contributed by atoms with Gasteiger partial charge in [0.2, 0.25) is 7.44 Å². The van der Waals surface area contributed by atoms with Crippen LogP contribution in [0.4, 0.5) is 5.82 Å². The quantitative estimate of drug-likeness (QED) is 0.211. The van der Waals surface area contributed by atoms with Crippen molar-refractivity contribution in [1.82, 2.24) is 29.7 Å². The highest BCUT2D eigenvalue weighted by atomic mass is 31.2. The molecular formula is C25H44N7O6P. The summed E-state index contributed by atoms with van der Waals surface area (Å²) in [7, 11) is -3.64. The van der Waals surface area contributed by atoms with Crippen LogP contribution in [0, 0.1) is 5.92 Å². The molecule has 0 aliphatic rings. The van der Waals surface area contributed by atoms with Gasteiger partial charge in [0.1, 0.15) is 23.7 Å². The Balaban J connectivity index is 2.24. The fraction of sp³-hybridized carbons (Fsp3) is 0.720. The zero-order chi connectivity index (χ0) is 29.5. The molecule has 3 unspecified atom stereocenters. The molecule has 2 aromatic heterocycles. The van der Waals surface area contributed by atoms with E-state index in [1.807, 2.05) is 20.8 Å². The van der Waals surface area contributed by atoms with E-state index in [-0.39, 0.29) is 36.7 Å². The van der Waals surface area contributed by atoms with Gasteiger partial charge in [-0.25, -0.2) is 25.1 Å². The second-order valence-corrected chi connectivity index (χ2v) is 13.3. The number of hydrogen-bond acceptors (Lipinski definition) is 10. The molecule has 0 radical (unpaired) electrons. The Morgan fingerprint density at radius 2 is 1.69 bits per heavy atom. The smallest absolute Gasteiger partial charge is 0.326 e. The van der Waals surface area contributed by atoms with Gasteiger partial charge in [-0.1, -0.05) is 13.8 Å². The molecule has 39 heavy (non-hydrogen) atoms. The van der Waals surface area contributed by atoms with Gasteiger partial charge in [-0.2, -0.15) is 0 Å². The van der Waals surface area contributed by atoms with Crippen molar-refractivity contribution in [3.8, 4) is 0 Å². The minimum Gasteiger partial charge on any atom is -0.463 e. The summed E-state index contributed by atoms with van der Waals surface area (Å²) in [6.45, 7) is 16.2. The maximum atomic E-state index is 14.3. The van der Waals surface area contributed by atoms with Crippen LogP contribution < -0.4 is 15.9 Å². The number of nitrogens with zero attached hydrogens (tertiary/aromatic N) is 4. The monoisotopic (exact) mass is 569 g/mol. The molecule has 4 N–H and O–H groups in total. The van der Waals surface area contributed by atoms with Crippen LogP contribution in [0.1, 0.15) is 68.7 Å². The summed E-state index contributed by atoms with van der Waals surface area (Å²) in [5.41, 5.74) is 5.61. The van der Waals surface area contributed by atoms with Gasteiger partial charge >= 0.3 is 11.9 Å². The molecule has 0 aliphatic heterocycles. The number of rotatable bonds is 15. The number of fused-ring (bicyclic) bond motifs is 1. The van der Waals surface area contributed by atoms with Gasteiger partial charge in [-0.3, -0.25) is 14.2 Å². The van der Waals surface area contributed by atoms with E-state index in [0.717, 1.165) is 0 Å². The minimum absolute atomic E-state index is 0.00388. The first-order valence-electron chi connectivity index (χ1n) is 13.1. The highest BCUT2D eigenvalue weighted by molar-refractivity contribution is 7.59. The predicted octanol–water partition coefficient (Wildman–Crippen LogP) is 3.24. The number of nitrogens with one attached hydrogen (secondary N) is 2. The predicted molar refractivity (Wildman–Crippen MR) is 149 cm³/mol. The van der Waals surface area contributed by atoms with Crippen LogP contribution in [0.3, 0.4) is 0 Å². The van der Waals surface area contributed by atoms with Crippen molar-refractivity contribution in [2.24, 2.45) is 5.92 Å². The molecular weight excluding hydrogens is 525 g/mol. The van der Waals surface area contributed by atoms with Crippen molar-refractivity contribution in [3.63, 3.8) is 0 Å². The Morgan fingerprint density at radius 1 is 1.05 bits per heavy atom. The Bertz CT molecular complexity index is 1170. The molecule has 13 nitrogen and oxygen atoms in total. The maximum absolute atomic E-state index is 14.3. The number of nitrogens with two attached hydrogens (primary N) is 1. The van der Waals surface area contributed by atoms with Crippen LogP contribution in [0.5, 0.6) is 0 Å². The Hall–Kier alpha value is -2.60. The third kappa shape index (κ3) is 9.82. The largest absolute Gasteiger partial charge is 0.463 e. The normalized spacial score (nSPS) is 15.5. The third-order valence-corrected chi connectivity index (χ3v) is 7.85. The van der Waals surface area contributed by atoms with Crippen LogP contribution in [0.25, 0.3) is 11.2 Å². The molecule has 0 aromatic carbocycles. The average molecular weight is 570 g/mol. The highest BCUT2D eigenvalue weighted by Gasteiger charge is 2.40. The first-order valence-corrected chi connectivity index (χ1v) is 15.0. The lowest BCUT2D eigenvalue weighted by Gasteiger charge is -2.34.